The Labute approximate surface area is 127 Å². The molecule has 1 amide bonds. The predicted octanol–water partition coefficient (Wildman–Crippen LogP) is 4.21. The summed E-state index contributed by atoms with van der Waals surface area (Å²) >= 11 is 0. The van der Waals surface area contributed by atoms with Gasteiger partial charge in [-0.1, -0.05) is 60.2 Å². The molecule has 0 spiro atoms. The summed E-state index contributed by atoms with van der Waals surface area (Å²) in [6.07, 6.45) is 13.1. The van der Waals surface area contributed by atoms with Crippen molar-refractivity contribution in [3.63, 3.8) is 0 Å². The van der Waals surface area contributed by atoms with Gasteiger partial charge in [0.1, 0.15) is 0 Å². The number of piperidine rings is 1. The quantitative estimate of drug-likeness (QED) is 0.598. The van der Waals surface area contributed by atoms with E-state index in [1.165, 1.54) is 12.0 Å². The van der Waals surface area contributed by atoms with Gasteiger partial charge in [-0.15, -0.1) is 0 Å². The molecule has 1 heterocycles. The number of carbonyl (C=O) groups is 1. The Bertz CT molecular complexity index is 534. The van der Waals surface area contributed by atoms with Crippen molar-refractivity contribution < 1.29 is 4.79 Å². The van der Waals surface area contributed by atoms with Crippen LogP contribution in [-0.4, -0.2) is 23.9 Å². The van der Waals surface area contributed by atoms with Gasteiger partial charge in [0.05, 0.1) is 0 Å². The summed E-state index contributed by atoms with van der Waals surface area (Å²) < 4.78 is 0. The van der Waals surface area contributed by atoms with Gasteiger partial charge in [0.2, 0.25) is 5.91 Å². The Balaban J connectivity index is 1.85. The number of likely N-dealkylation sites (tertiary alicyclic amines) is 1. The maximum Gasteiger partial charge on any atom is 0.246 e. The smallest absolute Gasteiger partial charge is 0.246 e. The van der Waals surface area contributed by atoms with Gasteiger partial charge in [-0.05, 0) is 31.7 Å². The number of allylic oxidation sites excluding steroid dienone is 4. The van der Waals surface area contributed by atoms with Crippen LogP contribution < -0.4 is 0 Å². The Kier molecular flexibility index (Phi) is 6.01. The zero-order chi connectivity index (χ0) is 14.9. The normalized spacial score (nSPS) is 16.8. The fraction of sp³-hybridized carbons (Fsp3) is 0.316. The van der Waals surface area contributed by atoms with Gasteiger partial charge in [-0.2, -0.15) is 0 Å². The minimum Gasteiger partial charge on any atom is -0.339 e. The van der Waals surface area contributed by atoms with Crippen LogP contribution in [0.2, 0.25) is 0 Å². The zero-order valence-corrected chi connectivity index (χ0v) is 12.7. The molecule has 0 aliphatic carbocycles. The number of benzene rings is 1. The molecule has 21 heavy (non-hydrogen) atoms. The zero-order valence-electron chi connectivity index (χ0n) is 12.7. The Morgan fingerprint density at radius 1 is 1.00 bits per heavy atom. The van der Waals surface area contributed by atoms with Crippen molar-refractivity contribution in [3.05, 3.63) is 65.8 Å². The average Bonchev–Trinajstić information content (AvgIpc) is 2.53. The van der Waals surface area contributed by atoms with E-state index in [1.54, 1.807) is 6.08 Å². The predicted molar refractivity (Wildman–Crippen MR) is 88.8 cm³/mol. The largest absolute Gasteiger partial charge is 0.339 e. The highest BCUT2D eigenvalue weighted by molar-refractivity contribution is 5.87. The minimum atomic E-state index is 0.129. The van der Waals surface area contributed by atoms with Gasteiger partial charge in [-0.25, -0.2) is 0 Å². The summed E-state index contributed by atoms with van der Waals surface area (Å²) in [5.41, 5.74) is 2.35. The molecule has 1 aliphatic heterocycles. The summed E-state index contributed by atoms with van der Waals surface area (Å²) in [6.45, 7) is 3.86. The molecule has 1 saturated heterocycles. The molecular formula is C19H23NO. The maximum absolute atomic E-state index is 11.9. The van der Waals surface area contributed by atoms with E-state index < -0.39 is 0 Å². The van der Waals surface area contributed by atoms with Crippen molar-refractivity contribution in [1.82, 2.24) is 4.90 Å². The van der Waals surface area contributed by atoms with E-state index in [0.29, 0.717) is 0 Å². The van der Waals surface area contributed by atoms with E-state index in [2.05, 4.69) is 25.1 Å². The van der Waals surface area contributed by atoms with Gasteiger partial charge in [0, 0.05) is 19.2 Å². The van der Waals surface area contributed by atoms with E-state index in [1.807, 2.05) is 41.3 Å². The average molecular weight is 281 g/mol. The number of amides is 1. The number of hydrogen-bond donors (Lipinski definition) is 0. The molecule has 2 heteroatoms. The second kappa shape index (κ2) is 8.25. The lowest BCUT2D eigenvalue weighted by molar-refractivity contribution is -0.126. The highest BCUT2D eigenvalue weighted by atomic mass is 16.2. The summed E-state index contributed by atoms with van der Waals surface area (Å²) in [7, 11) is 0. The first-order chi connectivity index (χ1) is 10.3. The molecular weight excluding hydrogens is 258 g/mol. The van der Waals surface area contributed by atoms with Crippen LogP contribution >= 0.6 is 0 Å². The molecule has 0 radical (unpaired) electrons. The number of hydrogen-bond acceptors (Lipinski definition) is 1. The maximum atomic E-state index is 11.9. The summed E-state index contributed by atoms with van der Waals surface area (Å²) in [5.74, 6) is 0.129. The monoisotopic (exact) mass is 281 g/mol. The first-order valence-corrected chi connectivity index (χ1v) is 7.63. The van der Waals surface area contributed by atoms with E-state index in [4.69, 9.17) is 0 Å². The van der Waals surface area contributed by atoms with Crippen LogP contribution in [0.25, 0.3) is 6.08 Å². The van der Waals surface area contributed by atoms with Crippen molar-refractivity contribution in [1.29, 1.82) is 0 Å². The fourth-order valence-corrected chi connectivity index (χ4v) is 2.43. The van der Waals surface area contributed by atoms with Gasteiger partial charge in [0.15, 0.2) is 0 Å². The van der Waals surface area contributed by atoms with Crippen molar-refractivity contribution in [3.8, 4) is 0 Å². The second-order valence-corrected chi connectivity index (χ2v) is 5.40. The number of rotatable bonds is 4. The van der Waals surface area contributed by atoms with E-state index in [-0.39, 0.29) is 5.91 Å². The van der Waals surface area contributed by atoms with Crippen LogP contribution in [0.1, 0.15) is 31.7 Å². The highest BCUT2D eigenvalue weighted by Crippen LogP contribution is 2.09. The molecule has 0 saturated carbocycles. The molecule has 1 fully saturated rings. The molecule has 0 aromatic heterocycles. The third-order valence-electron chi connectivity index (χ3n) is 3.57. The fourth-order valence-electron chi connectivity index (χ4n) is 2.43. The Hall–Kier alpha value is -2.09. The second-order valence-electron chi connectivity index (χ2n) is 5.40. The molecule has 0 bridgehead atoms. The Morgan fingerprint density at radius 3 is 2.38 bits per heavy atom. The van der Waals surface area contributed by atoms with Crippen LogP contribution in [0.3, 0.4) is 0 Å². The van der Waals surface area contributed by atoms with Crippen LogP contribution in [0.15, 0.2) is 60.2 Å². The minimum absolute atomic E-state index is 0.129. The molecule has 0 N–H and O–H groups in total. The van der Waals surface area contributed by atoms with E-state index in [0.717, 1.165) is 31.5 Å². The number of nitrogens with zero attached hydrogens (tertiary/aromatic N) is 1. The topological polar surface area (TPSA) is 20.3 Å². The molecule has 2 nitrogen and oxygen atoms in total. The van der Waals surface area contributed by atoms with Gasteiger partial charge < -0.3 is 4.90 Å². The SMILES string of the molecule is CC(/C=C/C=C/C(=O)N1CCCCC1)=C\c1ccccc1. The number of carbonyl (C=O) groups excluding carboxylic acids is 1. The highest BCUT2D eigenvalue weighted by Gasteiger charge is 2.12. The third kappa shape index (κ3) is 5.42. The standard InChI is InChI=1S/C19H23NO/c1-17(16-18-11-4-2-5-12-18)10-6-7-13-19(21)20-14-8-3-9-15-20/h2,4-7,10-13,16H,3,8-9,14-15H2,1H3/b10-6+,13-7+,17-16+. The van der Waals surface area contributed by atoms with Gasteiger partial charge >= 0.3 is 0 Å². The first-order valence-electron chi connectivity index (χ1n) is 7.63. The molecule has 110 valence electrons. The van der Waals surface area contributed by atoms with Crippen LogP contribution in [0, 0.1) is 0 Å². The Morgan fingerprint density at radius 2 is 1.67 bits per heavy atom. The lowest BCUT2D eigenvalue weighted by Gasteiger charge is -2.25. The first kappa shape index (κ1) is 15.3. The lowest BCUT2D eigenvalue weighted by Crippen LogP contribution is -2.34. The van der Waals surface area contributed by atoms with Crippen LogP contribution in [0.4, 0.5) is 0 Å². The van der Waals surface area contributed by atoms with E-state index >= 15 is 0 Å². The van der Waals surface area contributed by atoms with Gasteiger partial charge in [-0.3, -0.25) is 4.79 Å². The van der Waals surface area contributed by atoms with E-state index in [9.17, 15) is 4.79 Å². The van der Waals surface area contributed by atoms with Crippen LogP contribution in [-0.2, 0) is 4.79 Å². The molecule has 0 unspecified atom stereocenters. The molecule has 1 aromatic carbocycles. The molecule has 2 rings (SSSR count). The summed E-state index contributed by atoms with van der Waals surface area (Å²) in [6, 6.07) is 10.2. The molecule has 1 aromatic rings. The van der Waals surface area contributed by atoms with Crippen molar-refractivity contribution in [2.45, 2.75) is 26.2 Å². The van der Waals surface area contributed by atoms with Crippen molar-refractivity contribution >= 4 is 12.0 Å². The van der Waals surface area contributed by atoms with Crippen LogP contribution in [0.5, 0.6) is 0 Å². The molecule has 0 atom stereocenters. The third-order valence-corrected chi connectivity index (χ3v) is 3.57. The molecule has 1 aliphatic rings. The lowest BCUT2D eigenvalue weighted by atomic mass is 10.1. The van der Waals surface area contributed by atoms with Gasteiger partial charge in [0.25, 0.3) is 0 Å². The van der Waals surface area contributed by atoms with Crippen molar-refractivity contribution in [2.75, 3.05) is 13.1 Å². The van der Waals surface area contributed by atoms with Crippen molar-refractivity contribution in [2.24, 2.45) is 0 Å². The summed E-state index contributed by atoms with van der Waals surface area (Å²) in [4.78, 5) is 13.9. The summed E-state index contributed by atoms with van der Waals surface area (Å²) in [5, 5.41) is 0.